The Kier molecular flexibility index (Phi) is 9.92. The van der Waals surface area contributed by atoms with Crippen LogP contribution in [0.25, 0.3) is 11.1 Å². The van der Waals surface area contributed by atoms with Crippen LogP contribution in [0.1, 0.15) is 67.4 Å². The minimum Gasteiger partial charge on any atom is -0.468 e. The normalized spacial score (nSPS) is 17.7. The summed E-state index contributed by atoms with van der Waals surface area (Å²) in [5.41, 5.74) is 4.71. The van der Waals surface area contributed by atoms with Gasteiger partial charge in [-0.15, -0.1) is 0 Å². The third-order valence-corrected chi connectivity index (χ3v) is 8.68. The van der Waals surface area contributed by atoms with E-state index in [0.29, 0.717) is 38.0 Å². The van der Waals surface area contributed by atoms with Crippen LogP contribution < -0.4 is 15.0 Å². The van der Waals surface area contributed by atoms with Gasteiger partial charge in [0.05, 0.1) is 30.8 Å². The number of carbonyl (C=O) groups is 1. The number of aromatic nitrogens is 6. The summed E-state index contributed by atoms with van der Waals surface area (Å²) in [6.07, 6.45) is 9.85. The van der Waals surface area contributed by atoms with Gasteiger partial charge in [0.2, 0.25) is 23.7 Å². The molecule has 242 valence electrons. The fourth-order valence-electron chi connectivity index (χ4n) is 6.09. The molecule has 12 heteroatoms. The Balaban J connectivity index is 1.20. The van der Waals surface area contributed by atoms with Gasteiger partial charge in [0.1, 0.15) is 23.6 Å². The number of anilines is 2. The molecule has 0 unspecified atom stereocenters. The van der Waals surface area contributed by atoms with Crippen molar-refractivity contribution < 1.29 is 14.3 Å². The molecule has 1 amide bonds. The molecule has 1 saturated heterocycles. The number of nitriles is 1. The molecule has 4 heterocycles. The van der Waals surface area contributed by atoms with Crippen molar-refractivity contribution in [2.45, 2.75) is 83.9 Å². The molecule has 1 aromatic carbocycles. The van der Waals surface area contributed by atoms with Crippen LogP contribution in [0.15, 0.2) is 48.9 Å². The largest absolute Gasteiger partial charge is 0.468 e. The minimum absolute atomic E-state index is 0.00429. The predicted octanol–water partition coefficient (Wildman–Crippen LogP) is 4.94. The van der Waals surface area contributed by atoms with E-state index in [-0.39, 0.29) is 35.5 Å². The van der Waals surface area contributed by atoms with Gasteiger partial charge in [0, 0.05) is 48.4 Å². The van der Waals surface area contributed by atoms with Crippen LogP contribution in [0.5, 0.6) is 5.88 Å². The first-order valence-electron chi connectivity index (χ1n) is 16.2. The zero-order chi connectivity index (χ0) is 32.8. The molecule has 0 spiro atoms. The van der Waals surface area contributed by atoms with Crippen molar-refractivity contribution in [1.82, 2.24) is 29.9 Å². The van der Waals surface area contributed by atoms with E-state index < -0.39 is 0 Å². The number of benzene rings is 1. The topological polar surface area (TPSA) is 152 Å². The van der Waals surface area contributed by atoms with E-state index in [1.165, 1.54) is 6.20 Å². The highest BCUT2D eigenvalue weighted by atomic mass is 16.6. The zero-order valence-electron chi connectivity index (χ0n) is 27.0. The molecular weight excluding hydrogens is 594 g/mol. The van der Waals surface area contributed by atoms with Gasteiger partial charge in [-0.25, -0.2) is 24.9 Å². The van der Waals surface area contributed by atoms with Crippen molar-refractivity contribution in [1.29, 1.82) is 5.26 Å². The number of nitrogens with one attached hydrogen (secondary N) is 1. The molecule has 0 bridgehead atoms. The summed E-state index contributed by atoms with van der Waals surface area (Å²) in [7, 11) is 0. The monoisotopic (exact) mass is 633 g/mol. The molecule has 0 atom stereocenters. The van der Waals surface area contributed by atoms with Crippen LogP contribution >= 0.6 is 0 Å². The van der Waals surface area contributed by atoms with Gasteiger partial charge < -0.3 is 14.8 Å². The lowest BCUT2D eigenvalue weighted by Crippen LogP contribution is -2.45. The van der Waals surface area contributed by atoms with E-state index in [1.807, 2.05) is 68.4 Å². The molecule has 47 heavy (non-hydrogen) atoms. The van der Waals surface area contributed by atoms with E-state index in [0.717, 1.165) is 66.0 Å². The summed E-state index contributed by atoms with van der Waals surface area (Å²) < 4.78 is 11.0. The first kappa shape index (κ1) is 31.9. The molecule has 1 saturated carbocycles. The van der Waals surface area contributed by atoms with E-state index in [4.69, 9.17) is 19.4 Å². The zero-order valence-corrected chi connectivity index (χ0v) is 27.0. The number of aryl methyl sites for hydroxylation is 4. The van der Waals surface area contributed by atoms with Crippen LogP contribution in [0, 0.1) is 25.2 Å². The number of amides is 1. The number of rotatable bonds is 11. The van der Waals surface area contributed by atoms with E-state index in [2.05, 4.69) is 31.3 Å². The van der Waals surface area contributed by atoms with Crippen molar-refractivity contribution in [2.24, 2.45) is 0 Å². The van der Waals surface area contributed by atoms with Crippen molar-refractivity contribution in [2.75, 3.05) is 23.4 Å². The summed E-state index contributed by atoms with van der Waals surface area (Å²) in [5.74, 6) is 1.90. The van der Waals surface area contributed by atoms with E-state index >= 15 is 0 Å². The quantitative estimate of drug-likeness (QED) is 0.239. The van der Waals surface area contributed by atoms with Crippen LogP contribution in [-0.4, -0.2) is 67.2 Å². The Hall–Kier alpha value is -5.02. The van der Waals surface area contributed by atoms with Crippen LogP contribution in [0.4, 0.5) is 11.9 Å². The first-order chi connectivity index (χ1) is 22.9. The van der Waals surface area contributed by atoms with Gasteiger partial charge in [-0.1, -0.05) is 37.3 Å². The third kappa shape index (κ3) is 7.52. The maximum Gasteiger partial charge on any atom is 0.237 e. The van der Waals surface area contributed by atoms with Gasteiger partial charge in [-0.05, 0) is 51.5 Å². The molecule has 3 aromatic heterocycles. The first-order valence-corrected chi connectivity index (χ1v) is 16.2. The minimum atomic E-state index is -0.107. The SMILES string of the molecule is CCc1ncc(-c2c(C)nc(N(C(=O)CCc3ccccc3)[C@H]3CC[C@H](Nc4ncc(C#N)c(OC5COC5)n4)CC3)nc2C)cn1. The van der Waals surface area contributed by atoms with E-state index in [9.17, 15) is 10.1 Å². The van der Waals surface area contributed by atoms with Crippen molar-refractivity contribution in [3.8, 4) is 23.1 Å². The molecule has 1 N–H and O–H groups in total. The van der Waals surface area contributed by atoms with Crippen molar-refractivity contribution >= 4 is 17.8 Å². The third-order valence-electron chi connectivity index (χ3n) is 8.68. The fraction of sp³-hybridized carbons (Fsp3) is 0.429. The molecule has 1 aliphatic heterocycles. The Bertz CT molecular complexity index is 1710. The molecule has 1 aliphatic carbocycles. The lowest BCUT2D eigenvalue weighted by molar-refractivity contribution is -0.119. The number of hydrogen-bond donors (Lipinski definition) is 1. The lowest BCUT2D eigenvalue weighted by Gasteiger charge is -2.36. The van der Waals surface area contributed by atoms with Crippen LogP contribution in [0.2, 0.25) is 0 Å². The number of hydrogen-bond acceptors (Lipinski definition) is 11. The fourth-order valence-corrected chi connectivity index (χ4v) is 6.09. The van der Waals surface area contributed by atoms with Crippen molar-refractivity contribution in [3.63, 3.8) is 0 Å². The second-order valence-corrected chi connectivity index (χ2v) is 12.0. The highest BCUT2D eigenvalue weighted by Crippen LogP contribution is 2.32. The Morgan fingerprint density at radius 2 is 1.70 bits per heavy atom. The lowest BCUT2D eigenvalue weighted by atomic mass is 9.90. The molecule has 0 radical (unpaired) electrons. The summed E-state index contributed by atoms with van der Waals surface area (Å²) >= 11 is 0. The summed E-state index contributed by atoms with van der Waals surface area (Å²) in [4.78, 5) is 43.4. The number of nitrogens with zero attached hydrogens (tertiary/aromatic N) is 8. The molecule has 2 aliphatic rings. The Morgan fingerprint density at radius 3 is 2.32 bits per heavy atom. The summed E-state index contributed by atoms with van der Waals surface area (Å²) in [5, 5.41) is 12.9. The second-order valence-electron chi connectivity index (χ2n) is 12.0. The molecule has 12 nitrogen and oxygen atoms in total. The second kappa shape index (κ2) is 14.6. The van der Waals surface area contributed by atoms with E-state index in [1.54, 1.807) is 0 Å². The predicted molar refractivity (Wildman–Crippen MR) is 176 cm³/mol. The number of carbonyl (C=O) groups excluding carboxylic acids is 1. The van der Waals surface area contributed by atoms with Gasteiger partial charge in [0.15, 0.2) is 0 Å². The Labute approximate surface area is 274 Å². The maximum absolute atomic E-state index is 14.0. The van der Waals surface area contributed by atoms with Gasteiger partial charge in [-0.2, -0.15) is 10.2 Å². The molecular formula is C35H39N9O3. The van der Waals surface area contributed by atoms with Crippen molar-refractivity contribution in [3.05, 3.63) is 77.3 Å². The Morgan fingerprint density at radius 1 is 1.00 bits per heavy atom. The van der Waals surface area contributed by atoms with Crippen LogP contribution in [0.3, 0.4) is 0 Å². The smallest absolute Gasteiger partial charge is 0.237 e. The average molecular weight is 634 g/mol. The van der Waals surface area contributed by atoms with Gasteiger partial charge in [0.25, 0.3) is 0 Å². The highest BCUT2D eigenvalue weighted by molar-refractivity contribution is 5.92. The van der Waals surface area contributed by atoms with Gasteiger partial charge >= 0.3 is 0 Å². The summed E-state index contributed by atoms with van der Waals surface area (Å²) in [6.45, 7) is 6.88. The maximum atomic E-state index is 14.0. The molecule has 2 fully saturated rings. The average Bonchev–Trinajstić information content (AvgIpc) is 3.07. The number of ether oxygens (including phenoxy) is 2. The highest BCUT2D eigenvalue weighted by Gasteiger charge is 2.33. The standard InChI is InChI=1S/C35H39N9O3/c1-4-30-37-18-26(19-38-30)32-22(2)40-35(41-23(32)3)44(31(45)15-10-24-8-6-5-7-9-24)28-13-11-27(12-14-28)42-34-39-17-25(16-36)33(43-34)47-29-20-46-21-29/h5-9,17-19,27-29H,4,10-15,20-21H2,1-3H3,(H,39,42,43)/t27-,28-. The molecule has 6 rings (SSSR count). The van der Waals surface area contributed by atoms with Gasteiger partial charge in [-0.3, -0.25) is 9.69 Å². The molecule has 4 aromatic rings. The summed E-state index contributed by atoms with van der Waals surface area (Å²) in [6, 6.07) is 12.2. The van der Waals surface area contributed by atoms with Crippen LogP contribution in [-0.2, 0) is 22.4 Å².